The first kappa shape index (κ1) is 16.9. The van der Waals surface area contributed by atoms with Crippen molar-refractivity contribution in [2.45, 2.75) is 25.8 Å². The van der Waals surface area contributed by atoms with Crippen LogP contribution in [0, 0.1) is 11.3 Å². The van der Waals surface area contributed by atoms with Crippen LogP contribution in [0.3, 0.4) is 0 Å². The average Bonchev–Trinajstić information content (AvgIpc) is 3.12. The molecule has 2 aliphatic heterocycles. The van der Waals surface area contributed by atoms with Gasteiger partial charge in [-0.1, -0.05) is 6.92 Å². The summed E-state index contributed by atoms with van der Waals surface area (Å²) in [4.78, 5) is 30.6. The van der Waals surface area contributed by atoms with Gasteiger partial charge >= 0.3 is 0 Å². The van der Waals surface area contributed by atoms with Gasteiger partial charge in [0.05, 0.1) is 11.5 Å². The molecule has 7 nitrogen and oxygen atoms in total. The third-order valence-corrected chi connectivity index (χ3v) is 5.42. The number of hydrazine groups is 1. The van der Waals surface area contributed by atoms with Crippen molar-refractivity contribution < 1.29 is 9.59 Å². The zero-order chi connectivity index (χ0) is 17.2. The summed E-state index contributed by atoms with van der Waals surface area (Å²) in [5.74, 6) is 0.0127. The number of carbonyl (C=O) groups excluding carboxylic acids is 2. The van der Waals surface area contributed by atoms with Crippen LogP contribution < -0.4 is 16.2 Å². The molecule has 3 heterocycles. The Bertz CT molecular complexity index is 598. The molecule has 2 amide bonds. The maximum atomic E-state index is 12.5. The Morgan fingerprint density at radius 1 is 1.38 bits per heavy atom. The van der Waals surface area contributed by atoms with Crippen molar-refractivity contribution in [1.82, 2.24) is 26.1 Å². The van der Waals surface area contributed by atoms with Gasteiger partial charge in [0.25, 0.3) is 5.91 Å². The summed E-state index contributed by atoms with van der Waals surface area (Å²) in [5.41, 5.74) is 7.01. The molecule has 1 aromatic heterocycles. The number of carbonyl (C=O) groups is 2. The molecule has 2 aliphatic rings. The Morgan fingerprint density at radius 2 is 2.12 bits per heavy atom. The SMILES string of the molecule is CNC(=O)C1CNNC1C1(C)CCN(C(=O)c2cccnc2)CC1. The average molecular weight is 331 g/mol. The highest BCUT2D eigenvalue weighted by Gasteiger charge is 2.46. The van der Waals surface area contributed by atoms with Crippen LogP contribution in [-0.4, -0.2) is 54.4 Å². The number of nitrogens with zero attached hydrogens (tertiary/aromatic N) is 2. The highest BCUT2D eigenvalue weighted by atomic mass is 16.2. The maximum Gasteiger partial charge on any atom is 0.255 e. The highest BCUT2D eigenvalue weighted by molar-refractivity contribution is 5.93. The Kier molecular flexibility index (Phi) is 4.82. The van der Waals surface area contributed by atoms with Gasteiger partial charge in [0.15, 0.2) is 0 Å². The lowest BCUT2D eigenvalue weighted by Gasteiger charge is -2.44. The number of hydrogen-bond donors (Lipinski definition) is 3. The molecule has 0 aromatic carbocycles. The van der Waals surface area contributed by atoms with Gasteiger partial charge in [0.1, 0.15) is 0 Å². The van der Waals surface area contributed by atoms with E-state index in [0.29, 0.717) is 25.2 Å². The summed E-state index contributed by atoms with van der Waals surface area (Å²) in [6.07, 6.45) is 5.01. The highest BCUT2D eigenvalue weighted by Crippen LogP contribution is 2.38. The van der Waals surface area contributed by atoms with Gasteiger partial charge in [-0.3, -0.25) is 25.4 Å². The van der Waals surface area contributed by atoms with E-state index in [2.05, 4.69) is 28.1 Å². The summed E-state index contributed by atoms with van der Waals surface area (Å²) >= 11 is 0. The molecule has 2 unspecified atom stereocenters. The predicted molar refractivity (Wildman–Crippen MR) is 90.0 cm³/mol. The van der Waals surface area contributed by atoms with Crippen LogP contribution in [0.2, 0.25) is 0 Å². The number of nitrogens with one attached hydrogen (secondary N) is 3. The van der Waals surface area contributed by atoms with E-state index in [0.717, 1.165) is 12.8 Å². The Balaban J connectivity index is 1.65. The molecule has 2 fully saturated rings. The van der Waals surface area contributed by atoms with Crippen LogP contribution in [0.1, 0.15) is 30.1 Å². The molecular formula is C17H25N5O2. The van der Waals surface area contributed by atoms with Gasteiger partial charge in [-0.15, -0.1) is 0 Å². The predicted octanol–water partition coefficient (Wildman–Crippen LogP) is 0.163. The van der Waals surface area contributed by atoms with Crippen molar-refractivity contribution in [1.29, 1.82) is 0 Å². The molecule has 1 aromatic rings. The van der Waals surface area contributed by atoms with E-state index in [-0.39, 0.29) is 29.2 Å². The number of rotatable bonds is 3. The van der Waals surface area contributed by atoms with E-state index in [1.165, 1.54) is 0 Å². The van der Waals surface area contributed by atoms with Crippen LogP contribution >= 0.6 is 0 Å². The summed E-state index contributed by atoms with van der Waals surface area (Å²) < 4.78 is 0. The van der Waals surface area contributed by atoms with Crippen LogP contribution in [0.25, 0.3) is 0 Å². The van der Waals surface area contributed by atoms with Crippen molar-refractivity contribution >= 4 is 11.8 Å². The fraction of sp³-hybridized carbons (Fsp3) is 0.588. The normalized spacial score (nSPS) is 26.2. The number of pyridine rings is 1. The first-order chi connectivity index (χ1) is 11.5. The molecule has 130 valence electrons. The largest absolute Gasteiger partial charge is 0.359 e. The third-order valence-electron chi connectivity index (χ3n) is 5.42. The van der Waals surface area contributed by atoms with Crippen molar-refractivity contribution in [2.75, 3.05) is 26.7 Å². The molecule has 0 aliphatic carbocycles. The van der Waals surface area contributed by atoms with Crippen LogP contribution in [0.4, 0.5) is 0 Å². The molecule has 7 heteroatoms. The minimum Gasteiger partial charge on any atom is -0.359 e. The van der Waals surface area contributed by atoms with Crippen molar-refractivity contribution in [3.05, 3.63) is 30.1 Å². The van der Waals surface area contributed by atoms with E-state index >= 15 is 0 Å². The number of likely N-dealkylation sites (tertiary alicyclic amines) is 1. The molecule has 0 spiro atoms. The van der Waals surface area contributed by atoms with Gasteiger partial charge < -0.3 is 10.2 Å². The molecule has 24 heavy (non-hydrogen) atoms. The van der Waals surface area contributed by atoms with Gasteiger partial charge in [-0.05, 0) is 30.4 Å². The van der Waals surface area contributed by atoms with E-state index in [1.54, 1.807) is 31.6 Å². The second kappa shape index (κ2) is 6.86. The van der Waals surface area contributed by atoms with Gasteiger partial charge in [-0.25, -0.2) is 0 Å². The number of hydrogen-bond acceptors (Lipinski definition) is 5. The third kappa shape index (κ3) is 3.14. The smallest absolute Gasteiger partial charge is 0.255 e. The standard InChI is InChI=1S/C17H25N5O2/c1-17(14-13(11-20-21-14)15(23)18-2)5-8-22(9-6-17)16(24)12-4-3-7-19-10-12/h3-4,7,10,13-14,20-21H,5-6,8-9,11H2,1-2H3,(H,18,23). The molecule has 0 saturated carbocycles. The van der Waals surface area contributed by atoms with Gasteiger partial charge in [0, 0.05) is 45.1 Å². The number of amides is 2. The summed E-state index contributed by atoms with van der Waals surface area (Å²) in [6, 6.07) is 3.66. The Labute approximate surface area is 142 Å². The zero-order valence-electron chi connectivity index (χ0n) is 14.2. The van der Waals surface area contributed by atoms with E-state index in [9.17, 15) is 9.59 Å². The molecule has 2 atom stereocenters. The van der Waals surface area contributed by atoms with E-state index in [1.807, 2.05) is 4.90 Å². The molecule has 0 bridgehead atoms. The van der Waals surface area contributed by atoms with Crippen molar-refractivity contribution in [2.24, 2.45) is 11.3 Å². The van der Waals surface area contributed by atoms with Gasteiger partial charge in [0.2, 0.25) is 5.91 Å². The Morgan fingerprint density at radius 3 is 2.75 bits per heavy atom. The molecule has 3 N–H and O–H groups in total. The van der Waals surface area contributed by atoms with Gasteiger partial charge in [-0.2, -0.15) is 0 Å². The quantitative estimate of drug-likeness (QED) is 0.735. The lowest BCUT2D eigenvalue weighted by Crippen LogP contribution is -2.54. The van der Waals surface area contributed by atoms with Crippen LogP contribution in [0.5, 0.6) is 0 Å². The summed E-state index contributed by atoms with van der Waals surface area (Å²) in [5, 5.41) is 2.75. The number of piperidine rings is 1. The first-order valence-electron chi connectivity index (χ1n) is 8.44. The van der Waals surface area contributed by atoms with Crippen molar-refractivity contribution in [3.63, 3.8) is 0 Å². The monoisotopic (exact) mass is 331 g/mol. The zero-order valence-corrected chi connectivity index (χ0v) is 14.2. The van der Waals surface area contributed by atoms with Crippen LogP contribution in [0.15, 0.2) is 24.5 Å². The summed E-state index contributed by atoms with van der Waals surface area (Å²) in [6.45, 7) is 4.24. The second-order valence-corrected chi connectivity index (χ2v) is 6.91. The van der Waals surface area contributed by atoms with Crippen LogP contribution in [-0.2, 0) is 4.79 Å². The molecule has 0 radical (unpaired) electrons. The minimum absolute atomic E-state index is 0.0214. The molecule has 3 rings (SSSR count). The lowest BCUT2D eigenvalue weighted by atomic mass is 9.70. The topological polar surface area (TPSA) is 86.4 Å². The molecule has 2 saturated heterocycles. The van der Waals surface area contributed by atoms with E-state index in [4.69, 9.17) is 0 Å². The maximum absolute atomic E-state index is 12.5. The van der Waals surface area contributed by atoms with E-state index < -0.39 is 0 Å². The minimum atomic E-state index is -0.0828. The number of aromatic nitrogens is 1. The Hall–Kier alpha value is -1.99. The van der Waals surface area contributed by atoms with Crippen molar-refractivity contribution in [3.8, 4) is 0 Å². The first-order valence-corrected chi connectivity index (χ1v) is 8.44. The summed E-state index contributed by atoms with van der Waals surface area (Å²) in [7, 11) is 1.68. The molecular weight excluding hydrogens is 306 g/mol. The lowest BCUT2D eigenvalue weighted by molar-refractivity contribution is -0.125. The second-order valence-electron chi connectivity index (χ2n) is 6.91. The fourth-order valence-electron chi connectivity index (χ4n) is 3.79. The fourth-order valence-corrected chi connectivity index (χ4v) is 3.79.